The molecule has 0 aromatic rings. The van der Waals surface area contributed by atoms with Crippen molar-refractivity contribution in [3.05, 3.63) is 0 Å². The molecule has 0 rings (SSSR count). The third kappa shape index (κ3) is 9.21. The molecule has 0 N–H and O–H groups in total. The van der Waals surface area contributed by atoms with Gasteiger partial charge in [-0.3, -0.25) is 0 Å². The fraction of sp³-hybridized carbons (Fsp3) is 0. The Hall–Kier alpha value is 3.73. The van der Waals surface area contributed by atoms with Crippen LogP contribution in [0.1, 0.15) is 2.85 Å². The summed E-state index contributed by atoms with van der Waals surface area (Å²) >= 11 is 0. The van der Waals surface area contributed by atoms with Gasteiger partial charge in [-0.2, -0.15) is 0 Å². The van der Waals surface area contributed by atoms with Crippen molar-refractivity contribution >= 4 is 45.5 Å². The Kier molecular flexibility index (Phi) is 100.0. The minimum absolute atomic E-state index is 0. The molecule has 0 atom stereocenters. The Morgan fingerprint density at radius 1 is 1.25 bits per heavy atom. The first-order valence-electron chi connectivity index (χ1n) is 0. The molecule has 0 saturated heterocycles. The topological polar surface area (TPSA) is 0 Å². The Morgan fingerprint density at radius 3 is 1.25 bits per heavy atom. The van der Waals surface area contributed by atoms with Crippen LogP contribution in [0.15, 0.2) is 0 Å². The van der Waals surface area contributed by atoms with Crippen LogP contribution in [0.4, 0.5) is 0 Å². The Balaban J connectivity index is 0. The molecule has 4 heavy (non-hydrogen) atoms. The zero-order chi connectivity index (χ0) is 0. The molecule has 21 valence electrons. The molecular formula is H2CrFeLaSr. The van der Waals surface area contributed by atoms with Crippen LogP contribution in [0.25, 0.3) is 0 Å². The Bertz CT molecular complexity index is 13.5. The SMILES string of the molecule is [Cr].[Fe].[H-].[H-].[La].[Sr+2]. The van der Waals surface area contributed by atoms with Crippen molar-refractivity contribution in [2.75, 3.05) is 0 Å². The normalized spacial score (nSPS) is 0. The van der Waals surface area contributed by atoms with E-state index in [1.54, 1.807) is 0 Å². The fourth-order valence-corrected chi connectivity index (χ4v) is 0. The maximum atomic E-state index is 0. The van der Waals surface area contributed by atoms with Crippen LogP contribution in [0.3, 0.4) is 0 Å². The van der Waals surface area contributed by atoms with Gasteiger partial charge in [0, 0.05) is 70.0 Å². The predicted octanol–water partition coefficient (Wildman–Crippen LogP) is -0.161. The minimum atomic E-state index is 0. The van der Waals surface area contributed by atoms with Gasteiger partial charge in [-0.1, -0.05) is 0 Å². The van der Waals surface area contributed by atoms with Crippen molar-refractivity contribution in [3.8, 4) is 0 Å². The van der Waals surface area contributed by atoms with E-state index in [2.05, 4.69) is 0 Å². The van der Waals surface area contributed by atoms with Crippen molar-refractivity contribution in [1.29, 1.82) is 0 Å². The molecule has 0 aromatic heterocycles. The number of hydrogen-bond donors (Lipinski definition) is 0. The molecule has 0 aromatic carbocycles. The molecule has 0 nitrogen and oxygen atoms in total. The van der Waals surface area contributed by atoms with Crippen molar-refractivity contribution < 1.29 is 72.9 Å². The van der Waals surface area contributed by atoms with E-state index in [9.17, 15) is 0 Å². The fourth-order valence-electron chi connectivity index (χ4n) is 0. The molecule has 0 fully saturated rings. The van der Waals surface area contributed by atoms with Gasteiger partial charge in [0.25, 0.3) is 0 Å². The summed E-state index contributed by atoms with van der Waals surface area (Å²) in [7, 11) is 0. The molecular weight excluding hydrogens is 334 g/mol. The Morgan fingerprint density at radius 2 is 1.25 bits per heavy atom. The average molecular weight is 336 g/mol. The maximum Gasteiger partial charge on any atom is 2.00 e. The van der Waals surface area contributed by atoms with Gasteiger partial charge in [0.05, 0.1) is 0 Å². The molecule has 0 unspecified atom stereocenters. The quantitative estimate of drug-likeness (QED) is 0.540. The van der Waals surface area contributed by atoms with Crippen molar-refractivity contribution in [3.63, 3.8) is 0 Å². The summed E-state index contributed by atoms with van der Waals surface area (Å²) in [5.74, 6) is 0. The van der Waals surface area contributed by atoms with E-state index < -0.39 is 0 Å². The minimum Gasteiger partial charge on any atom is -1.00 e. The third-order valence-corrected chi connectivity index (χ3v) is 0. The molecule has 0 saturated carbocycles. The molecule has 0 aliphatic heterocycles. The van der Waals surface area contributed by atoms with Crippen LogP contribution in [-0.2, 0) is 34.4 Å². The van der Waals surface area contributed by atoms with Gasteiger partial charge in [-0.25, -0.2) is 0 Å². The third-order valence-electron chi connectivity index (χ3n) is 0. The van der Waals surface area contributed by atoms with E-state index in [0.717, 1.165) is 0 Å². The standard InChI is InChI=1S/Cr.Fe.La.Sr.2H/q;;;+2;2*-1. The summed E-state index contributed by atoms with van der Waals surface area (Å²) in [6.45, 7) is 0. The molecule has 0 aliphatic rings. The van der Waals surface area contributed by atoms with Crippen molar-refractivity contribution in [2.24, 2.45) is 0 Å². The molecule has 4 heteroatoms. The molecule has 0 amide bonds. The summed E-state index contributed by atoms with van der Waals surface area (Å²) in [6.07, 6.45) is 0. The van der Waals surface area contributed by atoms with Crippen LogP contribution in [-0.4, -0.2) is 45.5 Å². The largest absolute Gasteiger partial charge is 2.00 e. The summed E-state index contributed by atoms with van der Waals surface area (Å²) in [6, 6.07) is 0. The number of rotatable bonds is 0. The molecule has 0 bridgehead atoms. The van der Waals surface area contributed by atoms with Crippen LogP contribution in [0.5, 0.6) is 0 Å². The smallest absolute Gasteiger partial charge is 1.00 e. The molecule has 0 spiro atoms. The van der Waals surface area contributed by atoms with E-state index in [0.29, 0.717) is 0 Å². The van der Waals surface area contributed by atoms with Gasteiger partial charge in [-0.05, 0) is 0 Å². The van der Waals surface area contributed by atoms with E-state index >= 15 is 0 Å². The molecule has 0 aliphatic carbocycles. The zero-order valence-corrected chi connectivity index (χ0v) is 11.5. The predicted molar refractivity (Wildman–Crippen MR) is 7.98 cm³/mol. The Labute approximate surface area is 115 Å². The van der Waals surface area contributed by atoms with E-state index in [1.165, 1.54) is 0 Å². The number of hydrogen-bond acceptors (Lipinski definition) is 0. The zero-order valence-electron chi connectivity index (χ0n) is 4.05. The van der Waals surface area contributed by atoms with Gasteiger partial charge in [0.2, 0.25) is 0 Å². The second-order valence-electron chi connectivity index (χ2n) is 0. The van der Waals surface area contributed by atoms with Gasteiger partial charge in [0.15, 0.2) is 0 Å². The monoisotopic (exact) mass is 337 g/mol. The summed E-state index contributed by atoms with van der Waals surface area (Å²) < 4.78 is 0. The van der Waals surface area contributed by atoms with Crippen molar-refractivity contribution in [1.82, 2.24) is 0 Å². The average Bonchev–Trinajstić information content (AvgIpc) is 0. The van der Waals surface area contributed by atoms with E-state index in [1.807, 2.05) is 0 Å². The van der Waals surface area contributed by atoms with Crippen LogP contribution >= 0.6 is 0 Å². The van der Waals surface area contributed by atoms with Gasteiger partial charge in [-0.15, -0.1) is 0 Å². The first-order chi connectivity index (χ1) is 0. The van der Waals surface area contributed by atoms with Crippen LogP contribution < -0.4 is 0 Å². The maximum absolute atomic E-state index is 0. The summed E-state index contributed by atoms with van der Waals surface area (Å²) in [5.41, 5.74) is 0. The first kappa shape index (κ1) is 25.2. The first-order valence-corrected chi connectivity index (χ1v) is 0. The van der Waals surface area contributed by atoms with E-state index in [-0.39, 0.29) is 118 Å². The second kappa shape index (κ2) is 15.9. The second-order valence-corrected chi connectivity index (χ2v) is 0. The van der Waals surface area contributed by atoms with Gasteiger partial charge >= 0.3 is 45.5 Å². The van der Waals surface area contributed by atoms with E-state index in [4.69, 9.17) is 0 Å². The summed E-state index contributed by atoms with van der Waals surface area (Å²) in [4.78, 5) is 0. The van der Waals surface area contributed by atoms with Gasteiger partial charge < -0.3 is 2.85 Å². The van der Waals surface area contributed by atoms with Crippen LogP contribution in [0.2, 0.25) is 0 Å². The molecule has 0 heterocycles. The summed E-state index contributed by atoms with van der Waals surface area (Å²) in [5, 5.41) is 0. The molecule has 1 radical (unpaired) electrons. The van der Waals surface area contributed by atoms with Gasteiger partial charge in [0.1, 0.15) is 0 Å². The van der Waals surface area contributed by atoms with Crippen LogP contribution in [0, 0.1) is 35.6 Å². The van der Waals surface area contributed by atoms with Crippen molar-refractivity contribution in [2.45, 2.75) is 0 Å².